The van der Waals surface area contributed by atoms with Crippen molar-refractivity contribution < 1.29 is 14.3 Å². The predicted octanol–water partition coefficient (Wildman–Crippen LogP) is 3.50. The van der Waals surface area contributed by atoms with Gasteiger partial charge < -0.3 is 14.4 Å². The lowest BCUT2D eigenvalue weighted by Gasteiger charge is -2.23. The molecule has 0 saturated carbocycles. The SMILES string of the molecule is Cc1ccccc1CN(C(=O)CCl)c1ccc2c(c1)OCO2. The molecule has 1 aliphatic rings. The van der Waals surface area contributed by atoms with E-state index in [0.29, 0.717) is 18.0 Å². The lowest BCUT2D eigenvalue weighted by Crippen LogP contribution is -2.31. The molecule has 1 aliphatic heterocycles. The number of aryl methyl sites for hydroxylation is 1. The number of hydrogen-bond acceptors (Lipinski definition) is 3. The first-order valence-electron chi connectivity index (χ1n) is 6.99. The molecule has 0 fully saturated rings. The molecule has 4 nitrogen and oxygen atoms in total. The lowest BCUT2D eigenvalue weighted by atomic mass is 10.1. The van der Waals surface area contributed by atoms with Gasteiger partial charge in [0.1, 0.15) is 5.88 Å². The normalized spacial score (nSPS) is 12.3. The Balaban J connectivity index is 1.93. The summed E-state index contributed by atoms with van der Waals surface area (Å²) in [5.74, 6) is 1.12. The van der Waals surface area contributed by atoms with Crippen molar-refractivity contribution in [2.75, 3.05) is 17.6 Å². The molecule has 2 aromatic rings. The first kappa shape index (κ1) is 14.7. The molecule has 1 amide bonds. The fraction of sp³-hybridized carbons (Fsp3) is 0.235. The molecule has 0 aromatic heterocycles. The summed E-state index contributed by atoms with van der Waals surface area (Å²) in [6.45, 7) is 2.70. The van der Waals surface area contributed by atoms with Crippen LogP contribution in [0.25, 0.3) is 0 Å². The number of hydrogen-bond donors (Lipinski definition) is 0. The molecule has 0 radical (unpaired) electrons. The van der Waals surface area contributed by atoms with Crippen LogP contribution in [0.2, 0.25) is 0 Å². The first-order valence-corrected chi connectivity index (χ1v) is 7.53. The number of ether oxygens (including phenoxy) is 2. The molecule has 0 saturated heterocycles. The van der Waals surface area contributed by atoms with E-state index in [1.54, 1.807) is 4.90 Å². The van der Waals surface area contributed by atoms with Crippen LogP contribution in [-0.2, 0) is 11.3 Å². The first-order chi connectivity index (χ1) is 10.7. The van der Waals surface area contributed by atoms with E-state index in [1.165, 1.54) is 0 Å². The van der Waals surface area contributed by atoms with Crippen LogP contribution in [-0.4, -0.2) is 18.6 Å². The van der Waals surface area contributed by atoms with Crippen LogP contribution in [0.3, 0.4) is 0 Å². The van der Waals surface area contributed by atoms with Crippen molar-refractivity contribution >= 4 is 23.2 Å². The van der Waals surface area contributed by atoms with Crippen molar-refractivity contribution in [3.05, 3.63) is 53.6 Å². The highest BCUT2D eigenvalue weighted by Crippen LogP contribution is 2.36. The molecule has 1 heterocycles. The van der Waals surface area contributed by atoms with Gasteiger partial charge in [0.15, 0.2) is 11.5 Å². The van der Waals surface area contributed by atoms with E-state index in [2.05, 4.69) is 0 Å². The number of benzene rings is 2. The smallest absolute Gasteiger partial charge is 0.242 e. The molecule has 0 N–H and O–H groups in total. The van der Waals surface area contributed by atoms with Gasteiger partial charge in [0.25, 0.3) is 0 Å². The number of rotatable bonds is 4. The van der Waals surface area contributed by atoms with Crippen LogP contribution in [0, 0.1) is 6.92 Å². The highest BCUT2D eigenvalue weighted by Gasteiger charge is 2.20. The molecule has 0 unspecified atom stereocenters. The van der Waals surface area contributed by atoms with Gasteiger partial charge in [0.2, 0.25) is 12.7 Å². The van der Waals surface area contributed by atoms with Gasteiger partial charge in [-0.3, -0.25) is 4.79 Å². The number of halogens is 1. The maximum absolute atomic E-state index is 12.3. The van der Waals surface area contributed by atoms with Crippen LogP contribution < -0.4 is 14.4 Å². The van der Waals surface area contributed by atoms with Gasteiger partial charge in [-0.2, -0.15) is 0 Å². The van der Waals surface area contributed by atoms with Crippen molar-refractivity contribution in [1.82, 2.24) is 0 Å². The molecule has 114 valence electrons. The Morgan fingerprint density at radius 1 is 1.18 bits per heavy atom. The van der Waals surface area contributed by atoms with E-state index in [1.807, 2.05) is 49.4 Å². The number of alkyl halides is 1. The Morgan fingerprint density at radius 3 is 2.73 bits per heavy atom. The summed E-state index contributed by atoms with van der Waals surface area (Å²) in [6.07, 6.45) is 0. The maximum atomic E-state index is 12.3. The number of carbonyl (C=O) groups excluding carboxylic acids is 1. The van der Waals surface area contributed by atoms with E-state index in [0.717, 1.165) is 16.8 Å². The van der Waals surface area contributed by atoms with E-state index in [4.69, 9.17) is 21.1 Å². The standard InChI is InChI=1S/C17H16ClNO3/c1-12-4-2-3-5-13(12)10-19(17(20)9-18)14-6-7-15-16(8-14)22-11-21-15/h2-8H,9-11H2,1H3. The minimum absolute atomic E-state index is 0.0691. The number of nitrogens with zero attached hydrogens (tertiary/aromatic N) is 1. The van der Waals surface area contributed by atoms with Gasteiger partial charge in [0, 0.05) is 11.8 Å². The van der Waals surface area contributed by atoms with Gasteiger partial charge in [-0.25, -0.2) is 0 Å². The highest BCUT2D eigenvalue weighted by molar-refractivity contribution is 6.29. The summed E-state index contributed by atoms with van der Waals surface area (Å²) < 4.78 is 10.7. The molecule has 3 rings (SSSR count). The molecule has 0 bridgehead atoms. The highest BCUT2D eigenvalue weighted by atomic mass is 35.5. The average Bonchev–Trinajstić information content (AvgIpc) is 3.01. The van der Waals surface area contributed by atoms with Crippen molar-refractivity contribution in [2.24, 2.45) is 0 Å². The molecular weight excluding hydrogens is 302 g/mol. The van der Waals surface area contributed by atoms with Crippen molar-refractivity contribution in [2.45, 2.75) is 13.5 Å². The van der Waals surface area contributed by atoms with Crippen LogP contribution in [0.1, 0.15) is 11.1 Å². The lowest BCUT2D eigenvalue weighted by molar-refractivity contribution is -0.116. The average molecular weight is 318 g/mol. The predicted molar refractivity (Wildman–Crippen MR) is 85.7 cm³/mol. The van der Waals surface area contributed by atoms with Crippen LogP contribution >= 0.6 is 11.6 Å². The van der Waals surface area contributed by atoms with Gasteiger partial charge >= 0.3 is 0 Å². The molecular formula is C17H16ClNO3. The quantitative estimate of drug-likeness (QED) is 0.810. The number of fused-ring (bicyclic) bond motifs is 1. The zero-order valence-corrected chi connectivity index (χ0v) is 13.0. The largest absolute Gasteiger partial charge is 0.454 e. The molecule has 0 aliphatic carbocycles. The monoisotopic (exact) mass is 317 g/mol. The van der Waals surface area contributed by atoms with Crippen LogP contribution in [0.15, 0.2) is 42.5 Å². The van der Waals surface area contributed by atoms with Gasteiger partial charge in [-0.1, -0.05) is 24.3 Å². The number of anilines is 1. The van der Waals surface area contributed by atoms with Crippen LogP contribution in [0.5, 0.6) is 11.5 Å². The third-order valence-electron chi connectivity index (χ3n) is 3.67. The summed E-state index contributed by atoms with van der Waals surface area (Å²) in [7, 11) is 0. The van der Waals surface area contributed by atoms with Gasteiger partial charge in [0.05, 0.1) is 6.54 Å². The summed E-state index contributed by atoms with van der Waals surface area (Å²) in [5, 5.41) is 0. The van der Waals surface area contributed by atoms with Gasteiger partial charge in [-0.05, 0) is 30.2 Å². The minimum Gasteiger partial charge on any atom is -0.454 e. The van der Waals surface area contributed by atoms with Crippen molar-refractivity contribution in [3.63, 3.8) is 0 Å². The zero-order valence-electron chi connectivity index (χ0n) is 12.2. The third kappa shape index (κ3) is 2.88. The van der Waals surface area contributed by atoms with Gasteiger partial charge in [-0.15, -0.1) is 11.6 Å². The zero-order chi connectivity index (χ0) is 15.5. The Labute approximate surface area is 134 Å². The Kier molecular flexibility index (Phi) is 4.20. The number of carbonyl (C=O) groups is 1. The Bertz CT molecular complexity index is 702. The molecule has 0 spiro atoms. The Hall–Kier alpha value is -2.20. The maximum Gasteiger partial charge on any atom is 0.242 e. The summed E-state index contributed by atoms with van der Waals surface area (Å²) in [5.41, 5.74) is 2.97. The van der Waals surface area contributed by atoms with E-state index in [9.17, 15) is 4.79 Å². The second kappa shape index (κ2) is 6.28. The van der Waals surface area contributed by atoms with E-state index < -0.39 is 0 Å². The molecule has 22 heavy (non-hydrogen) atoms. The second-order valence-corrected chi connectivity index (χ2v) is 5.34. The van der Waals surface area contributed by atoms with Crippen molar-refractivity contribution in [1.29, 1.82) is 0 Å². The molecule has 2 aromatic carbocycles. The fourth-order valence-electron chi connectivity index (χ4n) is 2.41. The molecule has 0 atom stereocenters. The van der Waals surface area contributed by atoms with Crippen LogP contribution in [0.4, 0.5) is 5.69 Å². The Morgan fingerprint density at radius 2 is 1.95 bits per heavy atom. The summed E-state index contributed by atoms with van der Waals surface area (Å²) in [4.78, 5) is 13.9. The summed E-state index contributed by atoms with van der Waals surface area (Å²) >= 11 is 5.77. The molecule has 5 heteroatoms. The van der Waals surface area contributed by atoms with E-state index in [-0.39, 0.29) is 18.6 Å². The fourth-order valence-corrected chi connectivity index (χ4v) is 2.55. The number of amides is 1. The minimum atomic E-state index is -0.149. The third-order valence-corrected chi connectivity index (χ3v) is 3.90. The second-order valence-electron chi connectivity index (χ2n) is 5.08. The topological polar surface area (TPSA) is 38.8 Å². The van der Waals surface area contributed by atoms with E-state index >= 15 is 0 Å². The summed E-state index contributed by atoms with van der Waals surface area (Å²) in [6, 6.07) is 13.4. The van der Waals surface area contributed by atoms with Crippen molar-refractivity contribution in [3.8, 4) is 11.5 Å².